The minimum atomic E-state index is -0.568. The number of hydrogen-bond donors (Lipinski definition) is 2. The molecule has 0 heterocycles. The topological polar surface area (TPSA) is 59.6 Å². The molecule has 1 saturated carbocycles. The second-order valence-electron chi connectivity index (χ2n) is 8.98. The summed E-state index contributed by atoms with van der Waals surface area (Å²) >= 11 is 11.6. The third kappa shape index (κ3) is 8.03. The summed E-state index contributed by atoms with van der Waals surface area (Å²) in [6.07, 6.45) is 5.70. The SMILES string of the molecule is CCC1(NC(C)CCOc2ccc(Cl)cc2)CCC(NC(=O)COc2ccc(Cl)c(F)c2)CC1. The highest BCUT2D eigenvalue weighted by Crippen LogP contribution is 2.32. The molecule has 34 heavy (non-hydrogen) atoms. The summed E-state index contributed by atoms with van der Waals surface area (Å²) in [7, 11) is 0. The minimum absolute atomic E-state index is 0.0235. The van der Waals surface area contributed by atoms with Gasteiger partial charge < -0.3 is 20.1 Å². The van der Waals surface area contributed by atoms with Crippen molar-refractivity contribution in [1.82, 2.24) is 10.6 Å². The van der Waals surface area contributed by atoms with Gasteiger partial charge in [0.25, 0.3) is 5.91 Å². The van der Waals surface area contributed by atoms with Crippen molar-refractivity contribution in [2.24, 2.45) is 0 Å². The van der Waals surface area contributed by atoms with Crippen molar-refractivity contribution >= 4 is 29.1 Å². The van der Waals surface area contributed by atoms with Crippen LogP contribution in [0, 0.1) is 5.82 Å². The van der Waals surface area contributed by atoms with Gasteiger partial charge in [0, 0.05) is 28.7 Å². The summed E-state index contributed by atoms with van der Waals surface area (Å²) in [4.78, 5) is 12.3. The van der Waals surface area contributed by atoms with Crippen molar-refractivity contribution in [3.05, 3.63) is 58.3 Å². The summed E-state index contributed by atoms with van der Waals surface area (Å²) in [5, 5.41) is 7.59. The van der Waals surface area contributed by atoms with Crippen LogP contribution in [-0.4, -0.2) is 36.7 Å². The lowest BCUT2D eigenvalue weighted by atomic mass is 9.77. The standard InChI is InChI=1S/C26H33Cl2FN2O3/c1-3-26(31-18(2)12-15-33-21-6-4-19(27)5-7-21)13-10-20(11-14-26)30-25(32)17-34-22-8-9-23(28)24(29)16-22/h4-9,16,18,20,31H,3,10-15,17H2,1-2H3,(H,30,32). The highest BCUT2D eigenvalue weighted by atomic mass is 35.5. The average Bonchev–Trinajstić information content (AvgIpc) is 2.82. The molecule has 186 valence electrons. The van der Waals surface area contributed by atoms with Gasteiger partial charge >= 0.3 is 0 Å². The molecule has 1 aliphatic rings. The van der Waals surface area contributed by atoms with E-state index < -0.39 is 5.82 Å². The van der Waals surface area contributed by atoms with Crippen LogP contribution in [0.2, 0.25) is 10.0 Å². The van der Waals surface area contributed by atoms with Crippen LogP contribution in [-0.2, 0) is 4.79 Å². The highest BCUT2D eigenvalue weighted by molar-refractivity contribution is 6.30. The average molecular weight is 511 g/mol. The molecule has 1 fully saturated rings. The molecule has 1 unspecified atom stereocenters. The van der Waals surface area contributed by atoms with Crippen molar-refractivity contribution in [2.45, 2.75) is 70.0 Å². The van der Waals surface area contributed by atoms with Gasteiger partial charge in [-0.2, -0.15) is 0 Å². The zero-order chi connectivity index (χ0) is 24.6. The zero-order valence-electron chi connectivity index (χ0n) is 19.7. The number of halogens is 3. The molecule has 1 aliphatic carbocycles. The van der Waals surface area contributed by atoms with Gasteiger partial charge in [0.05, 0.1) is 11.6 Å². The molecule has 0 radical (unpaired) electrons. The number of rotatable bonds is 11. The lowest BCUT2D eigenvalue weighted by Gasteiger charge is -2.42. The Balaban J connectivity index is 1.37. The number of benzene rings is 2. The number of hydrogen-bond acceptors (Lipinski definition) is 4. The van der Waals surface area contributed by atoms with Gasteiger partial charge in [0.15, 0.2) is 6.61 Å². The van der Waals surface area contributed by atoms with Crippen LogP contribution in [0.25, 0.3) is 0 Å². The van der Waals surface area contributed by atoms with E-state index in [2.05, 4.69) is 24.5 Å². The first-order valence-electron chi connectivity index (χ1n) is 11.8. The summed E-state index contributed by atoms with van der Waals surface area (Å²) in [6.45, 7) is 4.88. The van der Waals surface area contributed by atoms with Crippen LogP contribution in [0.15, 0.2) is 42.5 Å². The first kappa shape index (κ1) is 26.6. The van der Waals surface area contributed by atoms with E-state index in [1.807, 2.05) is 24.3 Å². The Labute approximate surface area is 211 Å². The molecule has 0 saturated heterocycles. The number of carbonyl (C=O) groups is 1. The van der Waals surface area contributed by atoms with Gasteiger partial charge in [0.1, 0.15) is 17.3 Å². The highest BCUT2D eigenvalue weighted by Gasteiger charge is 2.35. The van der Waals surface area contributed by atoms with E-state index in [1.165, 1.54) is 12.1 Å². The van der Waals surface area contributed by atoms with Crippen molar-refractivity contribution < 1.29 is 18.7 Å². The van der Waals surface area contributed by atoms with E-state index >= 15 is 0 Å². The number of carbonyl (C=O) groups excluding carboxylic acids is 1. The maximum atomic E-state index is 13.5. The first-order valence-corrected chi connectivity index (χ1v) is 12.6. The Morgan fingerprint density at radius 2 is 1.79 bits per heavy atom. The Morgan fingerprint density at radius 3 is 2.44 bits per heavy atom. The molecule has 0 bridgehead atoms. The first-order chi connectivity index (χ1) is 16.3. The Hall–Kier alpha value is -2.02. The molecule has 0 aromatic heterocycles. The van der Waals surface area contributed by atoms with E-state index in [0.29, 0.717) is 17.7 Å². The molecule has 2 aromatic rings. The third-order valence-electron chi connectivity index (χ3n) is 6.43. The number of amides is 1. The Kier molecular flexibility index (Phi) is 9.86. The molecule has 8 heteroatoms. The van der Waals surface area contributed by atoms with Gasteiger partial charge in [-0.15, -0.1) is 0 Å². The quantitative estimate of drug-likeness (QED) is 0.379. The minimum Gasteiger partial charge on any atom is -0.494 e. The van der Waals surface area contributed by atoms with E-state index in [1.54, 1.807) is 6.07 Å². The Morgan fingerprint density at radius 1 is 1.12 bits per heavy atom. The van der Waals surface area contributed by atoms with E-state index in [-0.39, 0.29) is 34.9 Å². The largest absolute Gasteiger partial charge is 0.494 e. The molecule has 1 atom stereocenters. The second kappa shape index (κ2) is 12.6. The summed E-state index contributed by atoms with van der Waals surface area (Å²) in [5.74, 6) is 0.332. The van der Waals surface area contributed by atoms with Gasteiger partial charge in [-0.3, -0.25) is 4.79 Å². The van der Waals surface area contributed by atoms with Crippen molar-refractivity contribution in [3.8, 4) is 11.5 Å². The summed E-state index contributed by atoms with van der Waals surface area (Å²) < 4.78 is 24.7. The van der Waals surface area contributed by atoms with E-state index in [9.17, 15) is 9.18 Å². The smallest absolute Gasteiger partial charge is 0.258 e. The van der Waals surface area contributed by atoms with Gasteiger partial charge in [-0.1, -0.05) is 30.1 Å². The molecule has 0 aliphatic heterocycles. The van der Waals surface area contributed by atoms with Crippen molar-refractivity contribution in [2.75, 3.05) is 13.2 Å². The lowest BCUT2D eigenvalue weighted by Crippen LogP contribution is -2.54. The molecule has 2 aromatic carbocycles. The molecular weight excluding hydrogens is 478 g/mol. The van der Waals surface area contributed by atoms with Crippen LogP contribution in [0.1, 0.15) is 52.4 Å². The predicted molar refractivity (Wildman–Crippen MR) is 134 cm³/mol. The van der Waals surface area contributed by atoms with Crippen LogP contribution in [0.3, 0.4) is 0 Å². The molecular formula is C26H33Cl2FN2O3. The monoisotopic (exact) mass is 510 g/mol. The Bertz CT molecular complexity index is 934. The maximum Gasteiger partial charge on any atom is 0.258 e. The van der Waals surface area contributed by atoms with Crippen LogP contribution in [0.5, 0.6) is 11.5 Å². The van der Waals surface area contributed by atoms with Crippen molar-refractivity contribution in [1.29, 1.82) is 0 Å². The van der Waals surface area contributed by atoms with Crippen molar-refractivity contribution in [3.63, 3.8) is 0 Å². The van der Waals surface area contributed by atoms with Gasteiger partial charge in [-0.25, -0.2) is 4.39 Å². The normalized spacial score (nSPS) is 21.0. The summed E-state index contributed by atoms with van der Waals surface area (Å²) in [6, 6.07) is 12.0. The van der Waals surface area contributed by atoms with Crippen LogP contribution < -0.4 is 20.1 Å². The number of ether oxygens (including phenoxy) is 2. The fourth-order valence-electron chi connectivity index (χ4n) is 4.38. The second-order valence-corrected chi connectivity index (χ2v) is 9.82. The maximum absolute atomic E-state index is 13.5. The fraction of sp³-hybridized carbons (Fsp3) is 0.500. The zero-order valence-corrected chi connectivity index (χ0v) is 21.2. The molecule has 3 rings (SSSR count). The molecule has 2 N–H and O–H groups in total. The van der Waals surface area contributed by atoms with Gasteiger partial charge in [0.2, 0.25) is 0 Å². The molecule has 1 amide bonds. The lowest BCUT2D eigenvalue weighted by molar-refractivity contribution is -0.124. The number of nitrogens with one attached hydrogen (secondary N) is 2. The summed E-state index contributed by atoms with van der Waals surface area (Å²) in [5.41, 5.74) is 0.0677. The molecule has 5 nitrogen and oxygen atoms in total. The predicted octanol–water partition coefficient (Wildman–Crippen LogP) is 6.17. The van der Waals surface area contributed by atoms with E-state index in [0.717, 1.165) is 44.3 Å². The van der Waals surface area contributed by atoms with E-state index in [4.69, 9.17) is 32.7 Å². The fourth-order valence-corrected chi connectivity index (χ4v) is 4.62. The van der Waals surface area contributed by atoms with Gasteiger partial charge in [-0.05, 0) is 81.8 Å². The van der Waals surface area contributed by atoms with Crippen LogP contribution in [0.4, 0.5) is 4.39 Å². The van der Waals surface area contributed by atoms with Crippen LogP contribution >= 0.6 is 23.2 Å². The third-order valence-corrected chi connectivity index (χ3v) is 6.99. The molecule has 0 spiro atoms.